The summed E-state index contributed by atoms with van der Waals surface area (Å²) in [4.78, 5) is 34.5. The summed E-state index contributed by atoms with van der Waals surface area (Å²) in [5, 5.41) is 5.30. The van der Waals surface area contributed by atoms with Gasteiger partial charge in [0, 0.05) is 18.5 Å². The van der Waals surface area contributed by atoms with Crippen LogP contribution >= 0.6 is 0 Å². The van der Waals surface area contributed by atoms with Crippen LogP contribution in [0, 0.1) is 0 Å². The molecule has 0 aromatic heterocycles. The van der Waals surface area contributed by atoms with E-state index in [0.717, 1.165) is 0 Å². The van der Waals surface area contributed by atoms with E-state index < -0.39 is 18.2 Å². The van der Waals surface area contributed by atoms with E-state index in [2.05, 4.69) is 15.4 Å². The van der Waals surface area contributed by atoms with Crippen molar-refractivity contribution in [2.24, 2.45) is 0 Å². The smallest absolute Gasteiger partial charge is 0.407 e. The lowest BCUT2D eigenvalue weighted by Gasteiger charge is -2.33. The first-order valence-electron chi connectivity index (χ1n) is 7.10. The van der Waals surface area contributed by atoms with Crippen LogP contribution in [0.25, 0.3) is 0 Å². The fourth-order valence-electron chi connectivity index (χ4n) is 2.07. The van der Waals surface area contributed by atoms with Crippen LogP contribution in [0.3, 0.4) is 0 Å². The summed E-state index contributed by atoms with van der Waals surface area (Å²) < 4.78 is 9.75. The number of hydrogen-bond donors (Lipinski definition) is 2. The number of carbonyl (C=O) groups excluding carboxylic acids is 3. The van der Waals surface area contributed by atoms with E-state index in [1.165, 1.54) is 13.2 Å². The van der Waals surface area contributed by atoms with Gasteiger partial charge in [-0.2, -0.15) is 0 Å². The van der Waals surface area contributed by atoms with Crippen LogP contribution in [-0.4, -0.2) is 43.3 Å². The van der Waals surface area contributed by atoms with Gasteiger partial charge in [0.25, 0.3) is 0 Å². The van der Waals surface area contributed by atoms with Crippen molar-refractivity contribution in [1.29, 1.82) is 0 Å². The number of methoxy groups -OCH3 is 1. The summed E-state index contributed by atoms with van der Waals surface area (Å²) in [7, 11) is 1.29. The van der Waals surface area contributed by atoms with Crippen LogP contribution in [0.2, 0.25) is 0 Å². The Morgan fingerprint density at radius 3 is 2.86 bits per heavy atom. The molecule has 0 saturated carbocycles. The van der Waals surface area contributed by atoms with Crippen LogP contribution < -0.4 is 10.6 Å². The molecule has 7 heteroatoms. The predicted octanol–water partition coefficient (Wildman–Crippen LogP) is 1.05. The Hall–Kier alpha value is -2.31. The molecule has 22 heavy (non-hydrogen) atoms. The molecule has 1 rings (SSSR count). The van der Waals surface area contributed by atoms with E-state index in [-0.39, 0.29) is 24.4 Å². The van der Waals surface area contributed by atoms with Crippen LogP contribution in [0.1, 0.15) is 26.7 Å². The second-order valence-electron chi connectivity index (χ2n) is 4.98. The highest BCUT2D eigenvalue weighted by atomic mass is 16.6. The summed E-state index contributed by atoms with van der Waals surface area (Å²) in [5.41, 5.74) is 0. The minimum Gasteiger partial charge on any atom is -0.469 e. The molecular weight excluding hydrogens is 288 g/mol. The second kappa shape index (κ2) is 8.86. The predicted molar refractivity (Wildman–Crippen MR) is 80.0 cm³/mol. The molecule has 1 heterocycles. The molecule has 7 nitrogen and oxygen atoms in total. The Kier molecular flexibility index (Phi) is 7.15. The number of ether oxygens (including phenoxy) is 2. The third-order valence-corrected chi connectivity index (χ3v) is 3.22. The number of allylic oxidation sites excluding steroid dienone is 3. The van der Waals surface area contributed by atoms with E-state index in [9.17, 15) is 14.4 Å². The third kappa shape index (κ3) is 5.99. The molecule has 0 aromatic carbocycles. The van der Waals surface area contributed by atoms with Gasteiger partial charge in [-0.25, -0.2) is 4.79 Å². The molecule has 1 saturated heterocycles. The maximum atomic E-state index is 11.7. The number of amides is 2. The van der Waals surface area contributed by atoms with Gasteiger partial charge in [0.1, 0.15) is 6.10 Å². The Morgan fingerprint density at radius 2 is 2.23 bits per heavy atom. The van der Waals surface area contributed by atoms with Crippen molar-refractivity contribution in [3.63, 3.8) is 0 Å². The topological polar surface area (TPSA) is 93.7 Å². The number of rotatable bonds is 6. The SMILES string of the molecule is C/C=C/C=C/C(=O)N[C@H](C)[C@H]1C[C@H](CC(=O)OC)NC(=O)O1. The Labute approximate surface area is 129 Å². The number of alkyl carbamates (subject to hydrolysis) is 1. The minimum absolute atomic E-state index is 0.0734. The zero-order valence-corrected chi connectivity index (χ0v) is 13.0. The molecule has 0 aliphatic carbocycles. The zero-order chi connectivity index (χ0) is 16.5. The van der Waals surface area contributed by atoms with Gasteiger partial charge < -0.3 is 20.1 Å². The minimum atomic E-state index is -0.601. The quantitative estimate of drug-likeness (QED) is 0.434. The molecule has 1 aliphatic rings. The fourth-order valence-corrected chi connectivity index (χ4v) is 2.07. The standard InChI is InChI=1S/C15H22N2O5/c1-4-5-6-7-13(18)16-10(2)12-8-11(9-14(19)21-3)17-15(20)22-12/h4-7,10-12H,8-9H2,1-3H3,(H,16,18)(H,17,20)/b5-4+,7-6+/t10-,11-,12-/m1/s1. The van der Waals surface area contributed by atoms with E-state index in [1.807, 2.05) is 6.92 Å². The monoisotopic (exact) mass is 310 g/mol. The molecule has 0 radical (unpaired) electrons. The highest BCUT2D eigenvalue weighted by molar-refractivity contribution is 5.88. The highest BCUT2D eigenvalue weighted by Gasteiger charge is 2.33. The Bertz CT molecular complexity index is 473. The van der Waals surface area contributed by atoms with Gasteiger partial charge in [-0.05, 0) is 13.8 Å². The van der Waals surface area contributed by atoms with Gasteiger partial charge in [-0.15, -0.1) is 0 Å². The van der Waals surface area contributed by atoms with Crippen molar-refractivity contribution in [1.82, 2.24) is 10.6 Å². The van der Waals surface area contributed by atoms with Crippen LogP contribution in [0.15, 0.2) is 24.3 Å². The van der Waals surface area contributed by atoms with Crippen molar-refractivity contribution in [3.05, 3.63) is 24.3 Å². The van der Waals surface area contributed by atoms with Crippen molar-refractivity contribution in [2.45, 2.75) is 44.9 Å². The molecular formula is C15H22N2O5. The number of carbonyl (C=O) groups is 3. The first-order valence-corrected chi connectivity index (χ1v) is 7.10. The molecule has 0 aromatic rings. The molecule has 122 valence electrons. The van der Waals surface area contributed by atoms with Crippen molar-refractivity contribution in [2.75, 3.05) is 7.11 Å². The zero-order valence-electron chi connectivity index (χ0n) is 13.0. The third-order valence-electron chi connectivity index (χ3n) is 3.22. The van der Waals surface area contributed by atoms with Gasteiger partial charge in [0.05, 0.1) is 19.6 Å². The van der Waals surface area contributed by atoms with Crippen LogP contribution in [0.5, 0.6) is 0 Å². The summed E-state index contributed by atoms with van der Waals surface area (Å²) in [6, 6.07) is -0.731. The lowest BCUT2D eigenvalue weighted by atomic mass is 10.00. The largest absolute Gasteiger partial charge is 0.469 e. The van der Waals surface area contributed by atoms with Crippen molar-refractivity contribution < 1.29 is 23.9 Å². The maximum Gasteiger partial charge on any atom is 0.407 e. The number of nitrogens with one attached hydrogen (secondary N) is 2. The summed E-state index contributed by atoms with van der Waals surface area (Å²) in [5.74, 6) is -0.679. The second-order valence-corrected chi connectivity index (χ2v) is 4.98. The lowest BCUT2D eigenvalue weighted by Crippen LogP contribution is -2.53. The Morgan fingerprint density at radius 1 is 1.50 bits per heavy atom. The first-order chi connectivity index (χ1) is 10.5. The average molecular weight is 310 g/mol. The average Bonchev–Trinajstić information content (AvgIpc) is 2.46. The summed E-state index contributed by atoms with van der Waals surface area (Å²) in [6.45, 7) is 3.60. The number of hydrogen-bond acceptors (Lipinski definition) is 5. The van der Waals surface area contributed by atoms with E-state index in [4.69, 9.17) is 4.74 Å². The van der Waals surface area contributed by atoms with E-state index in [1.54, 1.807) is 25.2 Å². The maximum absolute atomic E-state index is 11.7. The molecule has 2 amide bonds. The van der Waals surface area contributed by atoms with Crippen LogP contribution in [0.4, 0.5) is 4.79 Å². The number of cyclic esters (lactones) is 1. The van der Waals surface area contributed by atoms with Crippen molar-refractivity contribution >= 4 is 18.0 Å². The van der Waals surface area contributed by atoms with E-state index >= 15 is 0 Å². The van der Waals surface area contributed by atoms with Gasteiger partial charge in [-0.1, -0.05) is 18.2 Å². The number of esters is 1. The summed E-state index contributed by atoms with van der Waals surface area (Å²) in [6.07, 6.45) is 5.95. The fraction of sp³-hybridized carbons (Fsp3) is 0.533. The van der Waals surface area contributed by atoms with Crippen molar-refractivity contribution in [3.8, 4) is 0 Å². The first kappa shape index (κ1) is 17.7. The lowest BCUT2D eigenvalue weighted by molar-refractivity contribution is -0.141. The molecule has 3 atom stereocenters. The van der Waals surface area contributed by atoms with Gasteiger partial charge in [0.15, 0.2) is 0 Å². The molecule has 2 N–H and O–H groups in total. The van der Waals surface area contributed by atoms with Gasteiger partial charge >= 0.3 is 12.1 Å². The van der Waals surface area contributed by atoms with Gasteiger partial charge in [-0.3, -0.25) is 9.59 Å². The molecule has 1 fully saturated rings. The molecule has 0 bridgehead atoms. The molecule has 0 unspecified atom stereocenters. The van der Waals surface area contributed by atoms with Gasteiger partial charge in [0.2, 0.25) is 5.91 Å². The molecule has 1 aliphatic heterocycles. The summed E-state index contributed by atoms with van der Waals surface area (Å²) >= 11 is 0. The van der Waals surface area contributed by atoms with E-state index in [0.29, 0.717) is 6.42 Å². The Balaban J connectivity index is 2.56. The normalized spacial score (nSPS) is 23.0. The van der Waals surface area contributed by atoms with Crippen LogP contribution in [-0.2, 0) is 19.1 Å². The molecule has 0 spiro atoms. The highest BCUT2D eigenvalue weighted by Crippen LogP contribution is 2.16.